The van der Waals surface area contributed by atoms with Crippen molar-refractivity contribution in [1.82, 2.24) is 10.9 Å². The van der Waals surface area contributed by atoms with E-state index in [0.29, 0.717) is 5.54 Å². The third-order valence-corrected chi connectivity index (χ3v) is 2.55. The second kappa shape index (κ2) is 1.96. The standard InChI is InChI=1S/C7H13N2/c1-2-4-7(3-1)5-6-8-9-7/h8H,1-6H2. The van der Waals surface area contributed by atoms with Crippen LogP contribution in [0.25, 0.3) is 0 Å². The van der Waals surface area contributed by atoms with Crippen LogP contribution in [0.2, 0.25) is 0 Å². The molecule has 0 amide bonds. The van der Waals surface area contributed by atoms with Gasteiger partial charge in [-0.05, 0) is 19.3 Å². The summed E-state index contributed by atoms with van der Waals surface area (Å²) >= 11 is 0. The summed E-state index contributed by atoms with van der Waals surface area (Å²) in [6.45, 7) is 1.11. The molecule has 0 aromatic heterocycles. The number of hydrogen-bond donors (Lipinski definition) is 1. The van der Waals surface area contributed by atoms with Crippen molar-refractivity contribution < 1.29 is 0 Å². The zero-order chi connectivity index (χ0) is 6.16. The lowest BCUT2D eigenvalue weighted by Crippen LogP contribution is -2.34. The molecule has 0 unspecified atom stereocenters. The Morgan fingerprint density at radius 1 is 1.11 bits per heavy atom. The van der Waals surface area contributed by atoms with E-state index in [1.807, 2.05) is 0 Å². The highest BCUT2D eigenvalue weighted by Crippen LogP contribution is 2.34. The highest BCUT2D eigenvalue weighted by Gasteiger charge is 2.37. The Bertz CT molecular complexity index is 82.0. The maximum absolute atomic E-state index is 4.42. The van der Waals surface area contributed by atoms with Gasteiger partial charge in [-0.2, -0.15) is 5.43 Å². The van der Waals surface area contributed by atoms with Crippen LogP contribution in [0.15, 0.2) is 0 Å². The van der Waals surface area contributed by atoms with Gasteiger partial charge in [0.05, 0.1) is 5.54 Å². The third kappa shape index (κ3) is 0.864. The van der Waals surface area contributed by atoms with Gasteiger partial charge >= 0.3 is 0 Å². The topological polar surface area (TPSA) is 26.1 Å². The second-order valence-corrected chi connectivity index (χ2v) is 3.20. The van der Waals surface area contributed by atoms with Gasteiger partial charge in [-0.15, -0.1) is 0 Å². The predicted molar refractivity (Wildman–Crippen MR) is 36.0 cm³/mol. The monoisotopic (exact) mass is 125 g/mol. The van der Waals surface area contributed by atoms with Crippen LogP contribution < -0.4 is 10.9 Å². The molecule has 2 aliphatic rings. The number of hydrogen-bond acceptors (Lipinski definition) is 1. The first kappa shape index (κ1) is 5.69. The fourth-order valence-electron chi connectivity index (χ4n) is 1.96. The fourth-order valence-corrected chi connectivity index (χ4v) is 1.96. The first-order valence-corrected chi connectivity index (χ1v) is 3.86. The summed E-state index contributed by atoms with van der Waals surface area (Å²) < 4.78 is 0. The summed E-state index contributed by atoms with van der Waals surface area (Å²) in [5.74, 6) is 0. The lowest BCUT2D eigenvalue weighted by molar-refractivity contribution is 0.358. The summed E-state index contributed by atoms with van der Waals surface area (Å²) in [5.41, 5.74) is 7.90. The fraction of sp³-hybridized carbons (Fsp3) is 1.00. The summed E-state index contributed by atoms with van der Waals surface area (Å²) in [7, 11) is 0. The van der Waals surface area contributed by atoms with E-state index in [0.717, 1.165) is 6.54 Å². The van der Waals surface area contributed by atoms with E-state index >= 15 is 0 Å². The van der Waals surface area contributed by atoms with Gasteiger partial charge in [0.1, 0.15) is 0 Å². The molecule has 1 radical (unpaired) electrons. The van der Waals surface area contributed by atoms with Crippen LogP contribution in [0.1, 0.15) is 32.1 Å². The summed E-state index contributed by atoms with van der Waals surface area (Å²) in [6, 6.07) is 0. The predicted octanol–water partition coefficient (Wildman–Crippen LogP) is 0.812. The van der Waals surface area contributed by atoms with Gasteiger partial charge in [-0.25, -0.2) is 5.43 Å². The SMILES string of the molecule is C1CCC2(C1)CCN[N]2. The molecule has 1 heterocycles. The highest BCUT2D eigenvalue weighted by molar-refractivity contribution is 4.94. The molecule has 1 aliphatic heterocycles. The molecule has 2 nitrogen and oxygen atoms in total. The van der Waals surface area contributed by atoms with Gasteiger partial charge in [0, 0.05) is 6.54 Å². The molecular formula is C7H13N2. The second-order valence-electron chi connectivity index (χ2n) is 3.20. The van der Waals surface area contributed by atoms with E-state index in [1.54, 1.807) is 0 Å². The highest BCUT2D eigenvalue weighted by atomic mass is 15.4. The molecule has 2 fully saturated rings. The van der Waals surface area contributed by atoms with Crippen LogP contribution >= 0.6 is 0 Å². The number of rotatable bonds is 0. The lowest BCUT2D eigenvalue weighted by atomic mass is 9.96. The molecule has 0 aromatic rings. The summed E-state index contributed by atoms with van der Waals surface area (Å²) in [6.07, 6.45) is 6.74. The van der Waals surface area contributed by atoms with Crippen LogP contribution in [0.4, 0.5) is 0 Å². The molecule has 1 N–H and O–H groups in total. The summed E-state index contributed by atoms with van der Waals surface area (Å²) in [4.78, 5) is 0. The van der Waals surface area contributed by atoms with Gasteiger partial charge in [0.25, 0.3) is 0 Å². The van der Waals surface area contributed by atoms with Crippen molar-refractivity contribution in [2.45, 2.75) is 37.6 Å². The van der Waals surface area contributed by atoms with Crippen molar-refractivity contribution in [3.63, 3.8) is 0 Å². The Kier molecular flexibility index (Phi) is 1.24. The maximum atomic E-state index is 4.42. The first-order valence-electron chi connectivity index (χ1n) is 3.86. The van der Waals surface area contributed by atoms with E-state index in [-0.39, 0.29) is 0 Å². The molecule has 1 spiro atoms. The van der Waals surface area contributed by atoms with Crippen LogP contribution in [0.5, 0.6) is 0 Å². The van der Waals surface area contributed by atoms with Crippen LogP contribution in [0.3, 0.4) is 0 Å². The number of nitrogens with zero attached hydrogens (tertiary/aromatic N) is 1. The zero-order valence-electron chi connectivity index (χ0n) is 5.69. The van der Waals surface area contributed by atoms with Crippen molar-refractivity contribution in [2.75, 3.05) is 6.54 Å². The Morgan fingerprint density at radius 2 is 1.89 bits per heavy atom. The molecule has 9 heavy (non-hydrogen) atoms. The van der Waals surface area contributed by atoms with E-state index < -0.39 is 0 Å². The summed E-state index contributed by atoms with van der Waals surface area (Å²) in [5, 5.41) is 0. The molecule has 1 saturated carbocycles. The molecular weight excluding hydrogens is 112 g/mol. The molecule has 1 aliphatic carbocycles. The Hall–Kier alpha value is -0.0800. The van der Waals surface area contributed by atoms with Gasteiger partial charge in [0.2, 0.25) is 0 Å². The van der Waals surface area contributed by atoms with E-state index in [4.69, 9.17) is 0 Å². The largest absolute Gasteiger partial charge is 0.240 e. The molecule has 0 bridgehead atoms. The molecule has 2 rings (SSSR count). The van der Waals surface area contributed by atoms with Crippen LogP contribution in [-0.4, -0.2) is 12.1 Å². The van der Waals surface area contributed by atoms with Gasteiger partial charge < -0.3 is 0 Å². The van der Waals surface area contributed by atoms with Crippen LogP contribution in [0, 0.1) is 0 Å². The van der Waals surface area contributed by atoms with Crippen molar-refractivity contribution in [3.05, 3.63) is 0 Å². The average Bonchev–Trinajstić information content (AvgIpc) is 2.45. The molecule has 1 saturated heterocycles. The number of nitrogens with one attached hydrogen (secondary N) is 1. The maximum Gasteiger partial charge on any atom is 0.0538 e. The van der Waals surface area contributed by atoms with Crippen molar-refractivity contribution in [3.8, 4) is 0 Å². The Labute approximate surface area is 56.0 Å². The van der Waals surface area contributed by atoms with Gasteiger partial charge in [0.15, 0.2) is 0 Å². The van der Waals surface area contributed by atoms with Gasteiger partial charge in [-0.3, -0.25) is 0 Å². The molecule has 0 aromatic carbocycles. The Balaban J connectivity index is 2.04. The lowest BCUT2D eigenvalue weighted by Gasteiger charge is -2.18. The smallest absolute Gasteiger partial charge is 0.0538 e. The van der Waals surface area contributed by atoms with Crippen molar-refractivity contribution in [1.29, 1.82) is 0 Å². The zero-order valence-corrected chi connectivity index (χ0v) is 5.69. The minimum atomic E-state index is 0.403. The van der Waals surface area contributed by atoms with E-state index in [1.165, 1.54) is 32.1 Å². The van der Waals surface area contributed by atoms with E-state index in [2.05, 4.69) is 10.9 Å². The quantitative estimate of drug-likeness (QED) is 0.509. The average molecular weight is 125 g/mol. The third-order valence-electron chi connectivity index (χ3n) is 2.55. The normalized spacial score (nSPS) is 32.0. The molecule has 51 valence electrons. The molecule has 2 heteroatoms. The van der Waals surface area contributed by atoms with E-state index in [9.17, 15) is 0 Å². The minimum Gasteiger partial charge on any atom is -0.240 e. The Morgan fingerprint density at radius 3 is 2.44 bits per heavy atom. The van der Waals surface area contributed by atoms with Crippen molar-refractivity contribution >= 4 is 0 Å². The van der Waals surface area contributed by atoms with Crippen molar-refractivity contribution in [2.24, 2.45) is 0 Å². The van der Waals surface area contributed by atoms with Crippen LogP contribution in [-0.2, 0) is 0 Å². The minimum absolute atomic E-state index is 0.403. The van der Waals surface area contributed by atoms with Gasteiger partial charge in [-0.1, -0.05) is 12.8 Å². The molecule has 0 atom stereocenters. The first-order chi connectivity index (χ1) is 4.41.